The minimum Gasteiger partial charge on any atom is -0.396 e. The number of pyridine rings is 1. The van der Waals surface area contributed by atoms with Crippen LogP contribution in [-0.4, -0.2) is 16.7 Å². The molecule has 3 N–H and O–H groups in total. The number of nitrogens with zero attached hydrogens (tertiary/aromatic N) is 1. The number of aliphatic hydroxyl groups excluding tert-OH is 1. The Hall–Kier alpha value is -0.350. The van der Waals surface area contributed by atoms with E-state index in [9.17, 15) is 0 Å². The molecule has 0 aliphatic carbocycles. The van der Waals surface area contributed by atoms with Crippen LogP contribution in [0.25, 0.3) is 0 Å². The minimum absolute atomic E-state index is 0. The van der Waals surface area contributed by atoms with E-state index in [0.29, 0.717) is 11.4 Å². The highest BCUT2D eigenvalue weighted by Gasteiger charge is 2.08. The van der Waals surface area contributed by atoms with Crippen LogP contribution in [0.5, 0.6) is 0 Å². The van der Waals surface area contributed by atoms with Crippen molar-refractivity contribution < 1.29 is 5.11 Å². The molecule has 1 rings (SSSR count). The molecule has 14 heavy (non-hydrogen) atoms. The summed E-state index contributed by atoms with van der Waals surface area (Å²) >= 11 is 5.89. The largest absolute Gasteiger partial charge is 0.396 e. The van der Waals surface area contributed by atoms with E-state index in [1.165, 1.54) is 0 Å². The van der Waals surface area contributed by atoms with Gasteiger partial charge in [0.2, 0.25) is 0 Å². The van der Waals surface area contributed by atoms with Crippen molar-refractivity contribution in [3.63, 3.8) is 0 Å². The lowest BCUT2D eigenvalue weighted by molar-refractivity contribution is 0.280. The Bertz CT molecular complexity index is 271. The Morgan fingerprint density at radius 1 is 1.57 bits per heavy atom. The third-order valence-corrected chi connectivity index (χ3v) is 2.19. The molecule has 0 amide bonds. The molecule has 0 spiro atoms. The van der Waals surface area contributed by atoms with Crippen molar-refractivity contribution in [2.75, 3.05) is 6.61 Å². The third-order valence-electron chi connectivity index (χ3n) is 1.88. The van der Waals surface area contributed by atoms with Crippen molar-refractivity contribution in [1.29, 1.82) is 0 Å². The fraction of sp³-hybridized carbons (Fsp3) is 0.444. The summed E-state index contributed by atoms with van der Waals surface area (Å²) in [5.41, 5.74) is 6.75. The standard InChI is InChI=1S/C9H13ClN2O.ClH/c10-8-6-12-4-3-7(8)9(11)2-1-5-13;/h3-4,6,9,13H,1-2,5,11H2;1H/t9-;/m1./s1. The molecular formula is C9H14Cl2N2O. The summed E-state index contributed by atoms with van der Waals surface area (Å²) < 4.78 is 0. The summed E-state index contributed by atoms with van der Waals surface area (Å²) in [5, 5.41) is 9.22. The fourth-order valence-electron chi connectivity index (χ4n) is 1.15. The topological polar surface area (TPSA) is 59.1 Å². The highest BCUT2D eigenvalue weighted by atomic mass is 35.5. The maximum Gasteiger partial charge on any atom is 0.0637 e. The molecule has 0 aromatic carbocycles. The van der Waals surface area contributed by atoms with E-state index >= 15 is 0 Å². The molecule has 1 heterocycles. The normalized spacial score (nSPS) is 11.9. The van der Waals surface area contributed by atoms with Gasteiger partial charge in [0.1, 0.15) is 0 Å². The molecule has 3 nitrogen and oxygen atoms in total. The van der Waals surface area contributed by atoms with Crippen molar-refractivity contribution in [3.05, 3.63) is 29.0 Å². The molecule has 1 aromatic rings. The maximum absolute atomic E-state index is 8.63. The molecule has 0 saturated heterocycles. The van der Waals surface area contributed by atoms with Crippen LogP contribution in [0.4, 0.5) is 0 Å². The Morgan fingerprint density at radius 3 is 2.86 bits per heavy atom. The van der Waals surface area contributed by atoms with E-state index in [4.69, 9.17) is 22.4 Å². The predicted molar refractivity (Wildman–Crippen MR) is 59.7 cm³/mol. The first-order chi connectivity index (χ1) is 6.25. The van der Waals surface area contributed by atoms with Crippen LogP contribution in [0.15, 0.2) is 18.5 Å². The smallest absolute Gasteiger partial charge is 0.0637 e. The first kappa shape index (κ1) is 13.7. The van der Waals surface area contributed by atoms with Gasteiger partial charge in [-0.3, -0.25) is 4.98 Å². The second kappa shape index (κ2) is 7.01. The molecule has 0 unspecified atom stereocenters. The third kappa shape index (κ3) is 3.80. The Labute approximate surface area is 94.7 Å². The van der Waals surface area contributed by atoms with E-state index in [-0.39, 0.29) is 25.1 Å². The van der Waals surface area contributed by atoms with Crippen molar-refractivity contribution >= 4 is 24.0 Å². The lowest BCUT2D eigenvalue weighted by atomic mass is 10.0. The molecule has 0 radical (unpaired) electrons. The molecular weight excluding hydrogens is 223 g/mol. The molecule has 1 aromatic heterocycles. The number of hydrogen-bond donors (Lipinski definition) is 2. The molecule has 0 fully saturated rings. The van der Waals surface area contributed by atoms with E-state index in [1.807, 2.05) is 6.07 Å². The monoisotopic (exact) mass is 236 g/mol. The van der Waals surface area contributed by atoms with E-state index < -0.39 is 0 Å². The summed E-state index contributed by atoms with van der Waals surface area (Å²) in [7, 11) is 0. The molecule has 0 bridgehead atoms. The van der Waals surface area contributed by atoms with E-state index in [1.54, 1.807) is 12.4 Å². The highest BCUT2D eigenvalue weighted by Crippen LogP contribution is 2.22. The zero-order chi connectivity index (χ0) is 9.68. The Balaban J connectivity index is 0.00000169. The van der Waals surface area contributed by atoms with Gasteiger partial charge in [-0.05, 0) is 24.5 Å². The van der Waals surface area contributed by atoms with Gasteiger partial charge in [0.05, 0.1) is 5.02 Å². The number of halogens is 2. The second-order valence-corrected chi connectivity index (χ2v) is 3.28. The average molecular weight is 237 g/mol. The minimum atomic E-state index is -0.109. The van der Waals surface area contributed by atoms with Crippen molar-refractivity contribution in [3.8, 4) is 0 Å². The second-order valence-electron chi connectivity index (χ2n) is 2.87. The molecule has 0 aliphatic rings. The van der Waals surface area contributed by atoms with Gasteiger partial charge in [0.25, 0.3) is 0 Å². The lowest BCUT2D eigenvalue weighted by Gasteiger charge is -2.11. The van der Waals surface area contributed by atoms with Crippen molar-refractivity contribution in [1.82, 2.24) is 4.98 Å². The van der Waals surface area contributed by atoms with Crippen LogP contribution in [-0.2, 0) is 0 Å². The zero-order valence-electron chi connectivity index (χ0n) is 7.69. The Morgan fingerprint density at radius 2 is 2.29 bits per heavy atom. The van der Waals surface area contributed by atoms with Gasteiger partial charge < -0.3 is 10.8 Å². The number of hydrogen-bond acceptors (Lipinski definition) is 3. The van der Waals surface area contributed by atoms with E-state index in [0.717, 1.165) is 12.0 Å². The Kier molecular flexibility index (Phi) is 6.83. The van der Waals surface area contributed by atoms with Gasteiger partial charge >= 0.3 is 0 Å². The van der Waals surface area contributed by atoms with Crippen LogP contribution in [0.3, 0.4) is 0 Å². The average Bonchev–Trinajstić information content (AvgIpc) is 2.15. The highest BCUT2D eigenvalue weighted by molar-refractivity contribution is 6.31. The molecule has 1 atom stereocenters. The first-order valence-electron chi connectivity index (χ1n) is 4.21. The van der Waals surface area contributed by atoms with Gasteiger partial charge in [-0.25, -0.2) is 0 Å². The van der Waals surface area contributed by atoms with Gasteiger partial charge in [-0.1, -0.05) is 11.6 Å². The molecule has 0 aliphatic heterocycles. The fourth-order valence-corrected chi connectivity index (χ4v) is 1.41. The van der Waals surface area contributed by atoms with Gasteiger partial charge in [-0.2, -0.15) is 0 Å². The quantitative estimate of drug-likeness (QED) is 0.841. The van der Waals surface area contributed by atoms with Crippen LogP contribution in [0.1, 0.15) is 24.4 Å². The van der Waals surface area contributed by atoms with Gasteiger partial charge in [0.15, 0.2) is 0 Å². The first-order valence-corrected chi connectivity index (χ1v) is 4.59. The van der Waals surface area contributed by atoms with Crippen molar-refractivity contribution in [2.24, 2.45) is 5.73 Å². The summed E-state index contributed by atoms with van der Waals surface area (Å²) in [6.07, 6.45) is 4.68. The summed E-state index contributed by atoms with van der Waals surface area (Å²) in [5.74, 6) is 0. The van der Waals surface area contributed by atoms with Crippen LogP contribution in [0, 0.1) is 0 Å². The number of aliphatic hydroxyl groups is 1. The van der Waals surface area contributed by atoms with Crippen LogP contribution in [0.2, 0.25) is 5.02 Å². The van der Waals surface area contributed by atoms with E-state index in [2.05, 4.69) is 4.98 Å². The van der Waals surface area contributed by atoms with Crippen LogP contribution >= 0.6 is 24.0 Å². The zero-order valence-corrected chi connectivity index (χ0v) is 9.26. The summed E-state index contributed by atoms with van der Waals surface area (Å²) in [6.45, 7) is 0.163. The number of nitrogens with two attached hydrogens (primary N) is 1. The molecule has 0 saturated carbocycles. The number of rotatable bonds is 4. The number of aromatic nitrogens is 1. The van der Waals surface area contributed by atoms with Gasteiger partial charge in [-0.15, -0.1) is 12.4 Å². The van der Waals surface area contributed by atoms with Gasteiger partial charge in [0, 0.05) is 25.0 Å². The molecule has 80 valence electrons. The summed E-state index contributed by atoms with van der Waals surface area (Å²) in [6, 6.07) is 1.70. The summed E-state index contributed by atoms with van der Waals surface area (Å²) in [4.78, 5) is 3.87. The maximum atomic E-state index is 8.63. The predicted octanol–water partition coefficient (Wildman–Crippen LogP) is 1.93. The SMILES string of the molecule is Cl.N[C@H](CCCO)c1ccncc1Cl. The molecule has 5 heteroatoms. The van der Waals surface area contributed by atoms with Crippen LogP contribution < -0.4 is 5.73 Å². The van der Waals surface area contributed by atoms with Crippen molar-refractivity contribution in [2.45, 2.75) is 18.9 Å². The lowest BCUT2D eigenvalue weighted by Crippen LogP contribution is -2.11.